The van der Waals surface area contributed by atoms with Crippen molar-refractivity contribution in [1.82, 2.24) is 14.8 Å². The molecule has 1 aromatic carbocycles. The van der Waals surface area contributed by atoms with Gasteiger partial charge in [0.15, 0.2) is 0 Å². The molecule has 0 saturated heterocycles. The average molecular weight is 653 g/mol. The lowest BCUT2D eigenvalue weighted by molar-refractivity contribution is -0.145. The molecule has 0 radical (unpaired) electrons. The number of aliphatic hydroxyl groups excluding tert-OH is 1. The fourth-order valence-corrected chi connectivity index (χ4v) is 6.19. The number of pyridine rings is 1. The smallest absolute Gasteiger partial charge is 0.308 e. The van der Waals surface area contributed by atoms with Crippen molar-refractivity contribution in [2.75, 3.05) is 7.11 Å². The largest absolute Gasteiger partial charge is 0.469 e. The van der Waals surface area contributed by atoms with E-state index < -0.39 is 0 Å². The molecule has 4 rings (SSSR count). The van der Waals surface area contributed by atoms with E-state index in [1.807, 2.05) is 67.9 Å². The van der Waals surface area contributed by atoms with Gasteiger partial charge in [0, 0.05) is 34.0 Å². The number of allylic oxidation sites excluding steroid dienone is 6. The van der Waals surface area contributed by atoms with Gasteiger partial charge in [-0.3, -0.25) is 9.78 Å². The number of aryl methyl sites for hydroxylation is 1. The second kappa shape index (κ2) is 17.9. The Kier molecular flexibility index (Phi) is 14.3. The van der Waals surface area contributed by atoms with Crippen LogP contribution in [-0.4, -0.2) is 38.7 Å². The molecule has 1 aliphatic rings. The van der Waals surface area contributed by atoms with Crippen LogP contribution in [0.15, 0.2) is 72.3 Å². The molecule has 0 saturated carbocycles. The molecule has 0 aliphatic heterocycles. The predicted molar refractivity (Wildman–Crippen MR) is 198 cm³/mol. The number of benzene rings is 1. The van der Waals surface area contributed by atoms with E-state index in [9.17, 15) is 9.90 Å². The number of aliphatic hydroxyl groups is 1. The van der Waals surface area contributed by atoms with Crippen LogP contribution in [-0.2, 0) is 9.53 Å². The number of hydrogen-bond acceptors (Lipinski definition) is 6. The number of carbonyl (C=O) groups excluding carboxylic acids is 1. The van der Waals surface area contributed by atoms with E-state index in [0.717, 1.165) is 70.9 Å². The Morgan fingerprint density at radius 2 is 1.69 bits per heavy atom. The van der Waals surface area contributed by atoms with E-state index in [0.29, 0.717) is 11.6 Å². The molecule has 3 atom stereocenters. The first kappa shape index (κ1) is 38.3. The monoisotopic (exact) mass is 652 g/mol. The average Bonchev–Trinajstić information content (AvgIpc) is 3.42. The minimum absolute atomic E-state index is 0.117. The Hall–Kier alpha value is -4.10. The summed E-state index contributed by atoms with van der Waals surface area (Å²) in [6.07, 6.45) is 11.1. The zero-order valence-electron chi connectivity index (χ0n) is 30.7. The molecular weight excluding hydrogens is 596 g/mol. The first-order valence-electron chi connectivity index (χ1n) is 17.4. The van der Waals surface area contributed by atoms with E-state index in [4.69, 9.17) is 20.2 Å². The van der Waals surface area contributed by atoms with Crippen LogP contribution in [0.25, 0.3) is 11.3 Å². The molecule has 2 N–H and O–H groups in total. The molecule has 0 bridgehead atoms. The van der Waals surface area contributed by atoms with Gasteiger partial charge >= 0.3 is 5.97 Å². The molecular formula is C41H56N4O3. The van der Waals surface area contributed by atoms with Crippen LogP contribution in [0.4, 0.5) is 0 Å². The molecule has 0 fully saturated rings. The van der Waals surface area contributed by atoms with Crippen molar-refractivity contribution in [1.29, 1.82) is 5.41 Å². The molecule has 48 heavy (non-hydrogen) atoms. The molecule has 1 aliphatic carbocycles. The number of methoxy groups -OCH3 is 1. The lowest BCUT2D eigenvalue weighted by Gasteiger charge is -2.18. The fourth-order valence-electron chi connectivity index (χ4n) is 6.19. The number of nitrogens with one attached hydrogen (secondary N) is 1. The lowest BCUT2D eigenvalue weighted by atomic mass is 9.87. The van der Waals surface area contributed by atoms with Gasteiger partial charge in [-0.1, -0.05) is 97.0 Å². The summed E-state index contributed by atoms with van der Waals surface area (Å²) in [7, 11) is 1.44. The van der Waals surface area contributed by atoms with Gasteiger partial charge in [-0.2, -0.15) is 5.10 Å². The van der Waals surface area contributed by atoms with Crippen LogP contribution in [0.1, 0.15) is 126 Å². The van der Waals surface area contributed by atoms with Gasteiger partial charge < -0.3 is 15.3 Å². The third kappa shape index (κ3) is 9.50. The normalized spacial score (nSPS) is 15.6. The summed E-state index contributed by atoms with van der Waals surface area (Å²) in [5.74, 6) is 0.606. The van der Waals surface area contributed by atoms with Crippen LogP contribution in [0.5, 0.6) is 0 Å². The Morgan fingerprint density at radius 3 is 2.25 bits per heavy atom. The number of rotatable bonds is 12. The Morgan fingerprint density at radius 1 is 1.00 bits per heavy atom. The Bertz CT molecular complexity index is 1630. The molecule has 0 spiro atoms. The van der Waals surface area contributed by atoms with Gasteiger partial charge in [0.25, 0.3) is 0 Å². The fraction of sp³-hybridized carbons (Fsp3) is 0.463. The van der Waals surface area contributed by atoms with Crippen LogP contribution >= 0.6 is 0 Å². The summed E-state index contributed by atoms with van der Waals surface area (Å²) < 4.78 is 6.92. The number of hydrogen-bond donors (Lipinski definition) is 2. The van der Waals surface area contributed by atoms with Crippen LogP contribution in [0.3, 0.4) is 0 Å². The highest BCUT2D eigenvalue weighted by Gasteiger charge is 2.26. The van der Waals surface area contributed by atoms with Crippen molar-refractivity contribution in [3.8, 4) is 5.69 Å². The lowest BCUT2D eigenvalue weighted by Crippen LogP contribution is -2.14. The van der Waals surface area contributed by atoms with Crippen molar-refractivity contribution >= 4 is 17.3 Å². The van der Waals surface area contributed by atoms with Crippen molar-refractivity contribution in [2.45, 2.75) is 106 Å². The highest BCUT2D eigenvalue weighted by Crippen LogP contribution is 2.36. The summed E-state index contributed by atoms with van der Waals surface area (Å²) in [5.41, 5.74) is 9.64. The van der Waals surface area contributed by atoms with E-state index in [2.05, 4.69) is 65.8 Å². The van der Waals surface area contributed by atoms with Gasteiger partial charge in [-0.05, 0) is 75.1 Å². The molecule has 2 heterocycles. The maximum atomic E-state index is 11.8. The molecule has 258 valence electrons. The summed E-state index contributed by atoms with van der Waals surface area (Å²) >= 11 is 0. The molecule has 3 unspecified atom stereocenters. The topological polar surface area (TPSA) is 101 Å². The van der Waals surface area contributed by atoms with Crippen LogP contribution < -0.4 is 0 Å². The summed E-state index contributed by atoms with van der Waals surface area (Å²) in [4.78, 5) is 16.9. The van der Waals surface area contributed by atoms with Gasteiger partial charge in [0.05, 0.1) is 41.9 Å². The molecule has 0 amide bonds. The van der Waals surface area contributed by atoms with Gasteiger partial charge in [-0.25, -0.2) is 4.68 Å². The quantitative estimate of drug-likeness (QED) is 0.190. The number of esters is 1. The Balaban J connectivity index is 0.000000533. The summed E-state index contributed by atoms with van der Waals surface area (Å²) in [6, 6.07) is 13.9. The van der Waals surface area contributed by atoms with Crippen molar-refractivity contribution in [3.05, 3.63) is 106 Å². The second-order valence-corrected chi connectivity index (χ2v) is 13.4. The van der Waals surface area contributed by atoms with Crippen molar-refractivity contribution in [2.24, 2.45) is 11.8 Å². The van der Waals surface area contributed by atoms with E-state index in [1.165, 1.54) is 12.7 Å². The molecule has 7 heteroatoms. The highest BCUT2D eigenvalue weighted by atomic mass is 16.5. The zero-order chi connectivity index (χ0) is 35.5. The SMILES string of the molecule is CCC(CCC(C)C(=O)OC)c1ccc(-n2nc(C3=CC=CC(=N)/C3=C\C(C)C)c(C(C)C)c2C)c(C)n1.CCC(O)c1ccccc1. The van der Waals surface area contributed by atoms with E-state index in [1.54, 1.807) is 0 Å². The van der Waals surface area contributed by atoms with Crippen molar-refractivity contribution in [3.63, 3.8) is 0 Å². The van der Waals surface area contributed by atoms with E-state index in [-0.39, 0.29) is 29.8 Å². The number of carbonyl (C=O) groups is 1. The van der Waals surface area contributed by atoms with Gasteiger partial charge in [-0.15, -0.1) is 0 Å². The van der Waals surface area contributed by atoms with Crippen LogP contribution in [0.2, 0.25) is 0 Å². The third-order valence-electron chi connectivity index (χ3n) is 8.94. The maximum absolute atomic E-state index is 11.8. The number of nitrogens with zero attached hydrogens (tertiary/aromatic N) is 3. The predicted octanol–water partition coefficient (Wildman–Crippen LogP) is 9.78. The number of ether oxygens (including phenoxy) is 1. The summed E-state index contributed by atoms with van der Waals surface area (Å²) in [6.45, 7) is 18.9. The first-order valence-corrected chi connectivity index (χ1v) is 17.4. The van der Waals surface area contributed by atoms with Crippen LogP contribution in [0, 0.1) is 31.1 Å². The minimum Gasteiger partial charge on any atom is -0.469 e. The highest BCUT2D eigenvalue weighted by molar-refractivity contribution is 6.19. The zero-order valence-corrected chi connectivity index (χ0v) is 30.7. The maximum Gasteiger partial charge on any atom is 0.308 e. The minimum atomic E-state index is -0.291. The van der Waals surface area contributed by atoms with E-state index >= 15 is 0 Å². The summed E-state index contributed by atoms with van der Waals surface area (Å²) in [5, 5.41) is 23.0. The van der Waals surface area contributed by atoms with Gasteiger partial charge in [0.1, 0.15) is 0 Å². The third-order valence-corrected chi connectivity index (χ3v) is 8.94. The molecule has 3 aromatic rings. The standard InChI is InChI=1S/C32H44N4O2.C9H12O/c1-10-24(15-14-21(6)32(37)38-9)28-16-17-29(22(7)34-28)36-23(8)30(20(4)5)31(35-36)25-12-11-13-27(33)26(25)18-19(2)3;1-2-9(10)8-6-4-3-5-7-8/h11-13,16-21,24,33H,10,14-15H2,1-9H3;3-7,9-10H,2H2,1H3/b26-18-,33-27?;. The molecule has 7 nitrogen and oxygen atoms in total. The first-order chi connectivity index (χ1) is 22.8. The van der Waals surface area contributed by atoms with Crippen molar-refractivity contribution < 1.29 is 14.6 Å². The van der Waals surface area contributed by atoms with Gasteiger partial charge in [0.2, 0.25) is 0 Å². The number of aromatic nitrogens is 3. The molecule has 2 aromatic heterocycles. The second-order valence-electron chi connectivity index (χ2n) is 13.4. The Labute approximate surface area is 288 Å².